The second kappa shape index (κ2) is 5.10. The number of fused-ring (bicyclic) bond motifs is 2. The lowest BCUT2D eigenvalue weighted by Crippen LogP contribution is -2.51. The van der Waals surface area contributed by atoms with Gasteiger partial charge in [0.1, 0.15) is 4.84 Å². The van der Waals surface area contributed by atoms with E-state index >= 15 is 0 Å². The van der Waals surface area contributed by atoms with Gasteiger partial charge in [-0.25, -0.2) is 0 Å². The minimum atomic E-state index is -0.683. The quantitative estimate of drug-likeness (QED) is 0.599. The third-order valence-corrected chi connectivity index (χ3v) is 8.11. The van der Waals surface area contributed by atoms with E-state index in [-0.39, 0.29) is 33.8 Å². The zero-order chi connectivity index (χ0) is 13.0. The molecule has 0 aliphatic heterocycles. The highest BCUT2D eigenvalue weighted by atomic mass is 35.5. The molecule has 0 aromatic heterocycles. The van der Waals surface area contributed by atoms with E-state index in [1.54, 1.807) is 0 Å². The maximum absolute atomic E-state index is 6.44. The Hall–Kier alpha value is 2.03. The van der Waals surface area contributed by atoms with Crippen LogP contribution in [0.25, 0.3) is 0 Å². The molecule has 0 aromatic rings. The molecule has 2 aliphatic carbocycles. The third-order valence-electron chi connectivity index (χ3n) is 4.54. The Morgan fingerprint density at radius 2 is 1.65 bits per heavy atom. The van der Waals surface area contributed by atoms with Crippen molar-refractivity contribution in [2.75, 3.05) is 11.8 Å². The summed E-state index contributed by atoms with van der Waals surface area (Å²) in [6.07, 6.45) is 0.703. The van der Waals surface area contributed by atoms with E-state index in [0.717, 1.165) is 0 Å². The summed E-state index contributed by atoms with van der Waals surface area (Å²) in [6.45, 7) is 0. The summed E-state index contributed by atoms with van der Waals surface area (Å²) in [6, 6.07) is 0. The number of rotatable bonds is 3. The van der Waals surface area contributed by atoms with Crippen LogP contribution in [-0.4, -0.2) is 32.7 Å². The van der Waals surface area contributed by atoms with Crippen LogP contribution in [0.2, 0.25) is 0 Å². The molecule has 0 nitrogen and oxygen atoms in total. The number of hydrogen-bond donors (Lipinski definition) is 0. The van der Waals surface area contributed by atoms with Gasteiger partial charge in [-0.05, 0) is 12.3 Å². The molecule has 2 fully saturated rings. The van der Waals surface area contributed by atoms with E-state index in [9.17, 15) is 0 Å². The monoisotopic (exact) mass is 376 g/mol. The van der Waals surface area contributed by atoms with Crippen LogP contribution in [0, 0.1) is 16.7 Å². The maximum atomic E-state index is 6.44. The van der Waals surface area contributed by atoms with Gasteiger partial charge in [-0.3, -0.25) is 0 Å². The van der Waals surface area contributed by atoms with E-state index in [0.29, 0.717) is 6.42 Å². The largest absolute Gasteiger partial charge is 0.126 e. The third kappa shape index (κ3) is 1.65. The summed E-state index contributed by atoms with van der Waals surface area (Å²) in [5.74, 6) is 0.528. The highest BCUT2D eigenvalue weighted by Crippen LogP contribution is 2.73. The first-order chi connectivity index (χ1) is 7.90. The van der Waals surface area contributed by atoms with Gasteiger partial charge in [0.05, 0.1) is 10.8 Å². The van der Waals surface area contributed by atoms with E-state index in [2.05, 4.69) is 0 Å². The molecule has 0 heterocycles. The van der Waals surface area contributed by atoms with Crippen LogP contribution in [0.15, 0.2) is 0 Å². The first-order valence-electron chi connectivity index (χ1n) is 5.22. The lowest BCUT2D eigenvalue weighted by Gasteiger charge is -2.45. The van der Waals surface area contributed by atoms with Gasteiger partial charge in [-0.1, -0.05) is 0 Å². The van der Waals surface area contributed by atoms with Gasteiger partial charge in [0.25, 0.3) is 0 Å². The fraction of sp³-hybridized carbons (Fsp3) is 1.00. The Bertz CT molecular complexity index is 305. The Labute approximate surface area is 136 Å². The van der Waals surface area contributed by atoms with Crippen molar-refractivity contribution in [3.05, 3.63) is 0 Å². The zero-order valence-electron chi connectivity index (χ0n) is 8.65. The van der Waals surface area contributed by atoms with Gasteiger partial charge in [-0.2, -0.15) is 0 Å². The molecular formula is C10H11Cl7. The molecule has 2 bridgehead atoms. The molecule has 7 heteroatoms. The van der Waals surface area contributed by atoms with E-state index < -0.39 is 15.7 Å². The average molecular weight is 379 g/mol. The summed E-state index contributed by atoms with van der Waals surface area (Å²) in [5.41, 5.74) is -1.21. The predicted molar refractivity (Wildman–Crippen MR) is 78.8 cm³/mol. The lowest BCUT2D eigenvalue weighted by molar-refractivity contribution is 0.158. The first-order valence-corrected chi connectivity index (χ1v) is 8.47. The highest BCUT2D eigenvalue weighted by molar-refractivity contribution is 6.46. The number of halogens is 7. The van der Waals surface area contributed by atoms with Crippen LogP contribution in [-0.2, 0) is 0 Å². The molecule has 2 rings (SSSR count). The summed E-state index contributed by atoms with van der Waals surface area (Å²) >= 11 is 43.9. The van der Waals surface area contributed by atoms with Crippen molar-refractivity contribution in [1.82, 2.24) is 0 Å². The van der Waals surface area contributed by atoms with Crippen LogP contribution in [0.1, 0.15) is 6.42 Å². The Kier molecular flexibility index (Phi) is 4.62. The second-order valence-corrected chi connectivity index (χ2v) is 7.94. The molecule has 2 aliphatic rings. The Morgan fingerprint density at radius 3 is 2.00 bits per heavy atom. The maximum Gasteiger partial charge on any atom is 0.115 e. The Morgan fingerprint density at radius 1 is 1.06 bits per heavy atom. The highest BCUT2D eigenvalue weighted by Gasteiger charge is 2.76. The molecule has 0 spiro atoms. The normalized spacial score (nSPS) is 53.6. The summed E-state index contributed by atoms with van der Waals surface area (Å²) in [5, 5.41) is -0.799. The van der Waals surface area contributed by atoms with Crippen LogP contribution in [0.4, 0.5) is 0 Å². The number of hydrogen-bond acceptors (Lipinski definition) is 0. The molecule has 0 aromatic carbocycles. The van der Waals surface area contributed by atoms with Crippen molar-refractivity contribution in [3.8, 4) is 0 Å². The molecule has 6 unspecified atom stereocenters. The summed E-state index contributed by atoms with van der Waals surface area (Å²) in [7, 11) is 0. The SMILES string of the molecule is ClCC12C(Cl)CC(C(Cl)C1Cl)C2(CCl)C(Cl)Cl. The van der Waals surface area contributed by atoms with Crippen molar-refractivity contribution >= 4 is 81.2 Å². The van der Waals surface area contributed by atoms with Crippen molar-refractivity contribution in [3.63, 3.8) is 0 Å². The molecule has 0 amide bonds. The van der Waals surface area contributed by atoms with Crippen LogP contribution in [0.5, 0.6) is 0 Å². The molecular weight excluding hydrogens is 368 g/mol. The van der Waals surface area contributed by atoms with Crippen molar-refractivity contribution in [1.29, 1.82) is 0 Å². The van der Waals surface area contributed by atoms with Crippen LogP contribution >= 0.6 is 81.2 Å². The number of alkyl halides is 7. The minimum absolute atomic E-state index is 0.00502. The average Bonchev–Trinajstić information content (AvgIpc) is 2.65. The molecule has 0 N–H and O–H groups in total. The van der Waals surface area contributed by atoms with Gasteiger partial charge >= 0.3 is 0 Å². The summed E-state index contributed by atoms with van der Waals surface area (Å²) in [4.78, 5) is -0.683. The smallest absolute Gasteiger partial charge is 0.115 e. The van der Waals surface area contributed by atoms with E-state index in [1.807, 2.05) is 0 Å². The molecule has 0 saturated heterocycles. The second-order valence-electron chi connectivity index (χ2n) is 4.80. The molecule has 100 valence electrons. The zero-order valence-corrected chi connectivity index (χ0v) is 13.9. The predicted octanol–water partition coefficient (Wildman–Crippen LogP) is 5.10. The van der Waals surface area contributed by atoms with Crippen molar-refractivity contribution in [2.24, 2.45) is 16.7 Å². The lowest BCUT2D eigenvalue weighted by atomic mass is 9.70. The van der Waals surface area contributed by atoms with Crippen LogP contribution < -0.4 is 0 Å². The van der Waals surface area contributed by atoms with E-state index in [1.165, 1.54) is 0 Å². The van der Waals surface area contributed by atoms with E-state index in [4.69, 9.17) is 81.2 Å². The van der Waals surface area contributed by atoms with Crippen molar-refractivity contribution < 1.29 is 0 Å². The molecule has 0 radical (unpaired) electrons. The summed E-state index contributed by atoms with van der Waals surface area (Å²) < 4.78 is 0. The standard InChI is InChI=1S/C10H11Cl7/c11-2-9(8(16)17)4-1-5(13)10(9,3-12)7(15)6(4)14/h4-8H,1-3H2. The first kappa shape index (κ1) is 15.4. The Balaban J connectivity index is 2.59. The van der Waals surface area contributed by atoms with Crippen LogP contribution in [0.3, 0.4) is 0 Å². The molecule has 2 saturated carbocycles. The molecule has 6 atom stereocenters. The van der Waals surface area contributed by atoms with Gasteiger partial charge in [-0.15, -0.1) is 81.2 Å². The van der Waals surface area contributed by atoms with Gasteiger partial charge in [0.2, 0.25) is 0 Å². The topological polar surface area (TPSA) is 0 Å². The minimum Gasteiger partial charge on any atom is -0.126 e. The van der Waals surface area contributed by atoms with Gasteiger partial charge in [0, 0.05) is 28.0 Å². The molecule has 17 heavy (non-hydrogen) atoms. The fourth-order valence-electron chi connectivity index (χ4n) is 3.54. The fourth-order valence-corrected chi connectivity index (χ4v) is 7.78. The van der Waals surface area contributed by atoms with Gasteiger partial charge in [0.15, 0.2) is 0 Å². The van der Waals surface area contributed by atoms with Gasteiger partial charge < -0.3 is 0 Å². The van der Waals surface area contributed by atoms with Crippen molar-refractivity contribution in [2.45, 2.75) is 27.4 Å².